The lowest BCUT2D eigenvalue weighted by atomic mass is 10.0. The molecular formula is C13H26N2O2S. The smallest absolute Gasteiger partial charge is 0.227 e. The molecule has 1 heterocycles. The lowest BCUT2D eigenvalue weighted by molar-refractivity contribution is -0.125. The van der Waals surface area contributed by atoms with E-state index in [1.54, 1.807) is 0 Å². The van der Waals surface area contributed by atoms with E-state index in [1.807, 2.05) is 11.8 Å². The largest absolute Gasteiger partial charge is 0.379 e. The van der Waals surface area contributed by atoms with E-state index in [9.17, 15) is 4.79 Å². The zero-order chi connectivity index (χ0) is 13.2. The summed E-state index contributed by atoms with van der Waals surface area (Å²) in [5.74, 6) is 1.30. The van der Waals surface area contributed by atoms with Gasteiger partial charge in [0.05, 0.1) is 19.1 Å². The molecular weight excluding hydrogens is 248 g/mol. The number of ether oxygens (including phenoxy) is 1. The predicted molar refractivity (Wildman–Crippen MR) is 77.0 cm³/mol. The van der Waals surface area contributed by atoms with E-state index in [2.05, 4.69) is 23.8 Å². The molecule has 2 N–H and O–H groups in total. The molecule has 0 aromatic rings. The van der Waals surface area contributed by atoms with Crippen molar-refractivity contribution in [2.45, 2.75) is 32.2 Å². The Labute approximate surface area is 115 Å². The Bertz CT molecular complexity index is 239. The Morgan fingerprint density at radius 1 is 1.33 bits per heavy atom. The van der Waals surface area contributed by atoms with Gasteiger partial charge in [0.2, 0.25) is 5.91 Å². The highest BCUT2D eigenvalue weighted by atomic mass is 32.2. The molecule has 1 aliphatic heterocycles. The van der Waals surface area contributed by atoms with E-state index in [1.165, 1.54) is 12.2 Å². The molecule has 0 aromatic carbocycles. The van der Waals surface area contributed by atoms with Gasteiger partial charge in [-0.15, -0.1) is 0 Å². The van der Waals surface area contributed by atoms with Crippen molar-refractivity contribution in [3.05, 3.63) is 0 Å². The second kappa shape index (κ2) is 9.64. The van der Waals surface area contributed by atoms with Gasteiger partial charge in [-0.25, -0.2) is 0 Å². The normalized spacial score (nSPS) is 23.2. The minimum atomic E-state index is -0.0166. The van der Waals surface area contributed by atoms with Gasteiger partial charge in [0, 0.05) is 12.6 Å². The van der Waals surface area contributed by atoms with E-state index in [0.29, 0.717) is 13.2 Å². The summed E-state index contributed by atoms with van der Waals surface area (Å²) in [7, 11) is 0. The highest BCUT2D eigenvalue weighted by molar-refractivity contribution is 7.98. The van der Waals surface area contributed by atoms with Crippen LogP contribution in [0.3, 0.4) is 0 Å². The molecule has 1 aliphatic rings. The molecule has 1 saturated heterocycles. The van der Waals surface area contributed by atoms with Crippen LogP contribution in [0.1, 0.15) is 26.2 Å². The molecule has 2 unspecified atom stereocenters. The van der Waals surface area contributed by atoms with Crippen molar-refractivity contribution in [3.63, 3.8) is 0 Å². The summed E-state index contributed by atoms with van der Waals surface area (Å²) in [5.41, 5.74) is 0. The SMILES string of the molecule is CCCNC1COCC1C(=O)NCCCCSC. The number of carbonyl (C=O) groups excluding carboxylic acids is 1. The van der Waals surface area contributed by atoms with Crippen molar-refractivity contribution >= 4 is 17.7 Å². The monoisotopic (exact) mass is 274 g/mol. The third-order valence-electron chi connectivity index (χ3n) is 3.15. The van der Waals surface area contributed by atoms with Crippen molar-refractivity contribution < 1.29 is 9.53 Å². The van der Waals surface area contributed by atoms with Crippen LogP contribution < -0.4 is 10.6 Å². The average molecular weight is 274 g/mol. The van der Waals surface area contributed by atoms with Gasteiger partial charge in [-0.05, 0) is 37.8 Å². The first-order valence-electron chi connectivity index (χ1n) is 6.87. The van der Waals surface area contributed by atoms with Crippen molar-refractivity contribution in [2.75, 3.05) is 38.3 Å². The number of nitrogens with one attached hydrogen (secondary N) is 2. The molecule has 0 saturated carbocycles. The summed E-state index contributed by atoms with van der Waals surface area (Å²) in [5, 5.41) is 6.41. The Kier molecular flexibility index (Phi) is 8.46. The molecule has 2 atom stereocenters. The molecule has 1 amide bonds. The summed E-state index contributed by atoms with van der Waals surface area (Å²) >= 11 is 1.85. The fourth-order valence-electron chi connectivity index (χ4n) is 2.06. The molecule has 0 aromatic heterocycles. The zero-order valence-corrected chi connectivity index (χ0v) is 12.4. The average Bonchev–Trinajstić information content (AvgIpc) is 2.84. The van der Waals surface area contributed by atoms with Crippen LogP contribution in [0.2, 0.25) is 0 Å². The van der Waals surface area contributed by atoms with Crippen LogP contribution >= 0.6 is 11.8 Å². The standard InChI is InChI=1S/C13H26N2O2S/c1-3-6-14-12-10-17-9-11(12)13(16)15-7-4-5-8-18-2/h11-12,14H,3-10H2,1-2H3,(H,15,16). The Morgan fingerprint density at radius 2 is 2.17 bits per heavy atom. The topological polar surface area (TPSA) is 50.4 Å². The van der Waals surface area contributed by atoms with Crippen molar-refractivity contribution in [1.29, 1.82) is 0 Å². The van der Waals surface area contributed by atoms with Gasteiger partial charge in [-0.3, -0.25) is 4.79 Å². The molecule has 1 fully saturated rings. The van der Waals surface area contributed by atoms with Gasteiger partial charge in [-0.1, -0.05) is 6.92 Å². The van der Waals surface area contributed by atoms with Crippen molar-refractivity contribution in [3.8, 4) is 0 Å². The quantitative estimate of drug-likeness (QED) is 0.622. The first-order valence-corrected chi connectivity index (χ1v) is 8.26. The Hall–Kier alpha value is -0.260. The van der Waals surface area contributed by atoms with Crippen molar-refractivity contribution in [2.24, 2.45) is 5.92 Å². The van der Waals surface area contributed by atoms with Gasteiger partial charge in [-0.2, -0.15) is 11.8 Å². The molecule has 106 valence electrons. The molecule has 0 spiro atoms. The number of carbonyl (C=O) groups is 1. The van der Waals surface area contributed by atoms with E-state index in [0.717, 1.165) is 25.9 Å². The Morgan fingerprint density at radius 3 is 2.89 bits per heavy atom. The molecule has 1 rings (SSSR count). The second-order valence-electron chi connectivity index (χ2n) is 4.70. The van der Waals surface area contributed by atoms with Crippen LogP contribution in [0, 0.1) is 5.92 Å². The van der Waals surface area contributed by atoms with Gasteiger partial charge >= 0.3 is 0 Å². The summed E-state index contributed by atoms with van der Waals surface area (Å²) in [6.45, 7) is 5.08. The summed E-state index contributed by atoms with van der Waals surface area (Å²) < 4.78 is 5.41. The van der Waals surface area contributed by atoms with Gasteiger partial charge in [0.15, 0.2) is 0 Å². The number of rotatable bonds is 9. The third-order valence-corrected chi connectivity index (χ3v) is 3.85. The number of thioether (sulfide) groups is 1. The number of amides is 1. The van der Waals surface area contributed by atoms with Gasteiger partial charge < -0.3 is 15.4 Å². The van der Waals surface area contributed by atoms with Gasteiger partial charge in [0.1, 0.15) is 0 Å². The molecule has 4 nitrogen and oxygen atoms in total. The maximum atomic E-state index is 12.0. The van der Waals surface area contributed by atoms with Crippen LogP contribution in [0.25, 0.3) is 0 Å². The molecule has 18 heavy (non-hydrogen) atoms. The third kappa shape index (κ3) is 5.59. The van der Waals surface area contributed by atoms with Crippen LogP contribution in [0.15, 0.2) is 0 Å². The van der Waals surface area contributed by atoms with Crippen LogP contribution in [-0.2, 0) is 9.53 Å². The zero-order valence-electron chi connectivity index (χ0n) is 11.5. The molecule has 0 aliphatic carbocycles. The second-order valence-corrected chi connectivity index (χ2v) is 5.68. The summed E-state index contributed by atoms with van der Waals surface area (Å²) in [6, 6.07) is 0.191. The van der Waals surface area contributed by atoms with Crippen LogP contribution in [0.5, 0.6) is 0 Å². The highest BCUT2D eigenvalue weighted by Crippen LogP contribution is 2.14. The summed E-state index contributed by atoms with van der Waals surface area (Å²) in [4.78, 5) is 12.0. The lowest BCUT2D eigenvalue weighted by Crippen LogP contribution is -2.44. The maximum absolute atomic E-state index is 12.0. The minimum absolute atomic E-state index is 0.0166. The Balaban J connectivity index is 2.18. The summed E-state index contributed by atoms with van der Waals surface area (Å²) in [6.07, 6.45) is 5.42. The van der Waals surface area contributed by atoms with E-state index < -0.39 is 0 Å². The van der Waals surface area contributed by atoms with E-state index in [4.69, 9.17) is 4.74 Å². The lowest BCUT2D eigenvalue weighted by Gasteiger charge is -2.18. The molecule has 0 bridgehead atoms. The molecule has 0 radical (unpaired) electrons. The number of hydrogen-bond donors (Lipinski definition) is 2. The predicted octanol–water partition coefficient (Wildman–Crippen LogP) is 1.26. The first-order chi connectivity index (χ1) is 8.79. The van der Waals surface area contributed by atoms with Gasteiger partial charge in [0.25, 0.3) is 0 Å². The fourth-order valence-corrected chi connectivity index (χ4v) is 2.55. The van der Waals surface area contributed by atoms with E-state index in [-0.39, 0.29) is 17.9 Å². The van der Waals surface area contributed by atoms with Crippen LogP contribution in [-0.4, -0.2) is 50.3 Å². The van der Waals surface area contributed by atoms with Crippen molar-refractivity contribution in [1.82, 2.24) is 10.6 Å². The van der Waals surface area contributed by atoms with E-state index >= 15 is 0 Å². The maximum Gasteiger partial charge on any atom is 0.227 e. The number of unbranched alkanes of at least 4 members (excludes halogenated alkanes) is 1. The molecule has 5 heteroatoms. The fraction of sp³-hybridized carbons (Fsp3) is 0.923. The first kappa shape index (κ1) is 15.8. The number of hydrogen-bond acceptors (Lipinski definition) is 4. The minimum Gasteiger partial charge on any atom is -0.379 e. The highest BCUT2D eigenvalue weighted by Gasteiger charge is 2.33. The van der Waals surface area contributed by atoms with Crippen LogP contribution in [0.4, 0.5) is 0 Å².